The van der Waals surface area contributed by atoms with Gasteiger partial charge in [-0.2, -0.15) is 0 Å². The van der Waals surface area contributed by atoms with Gasteiger partial charge >= 0.3 is 5.97 Å². The van der Waals surface area contributed by atoms with Crippen LogP contribution in [-0.2, 0) is 4.74 Å². The van der Waals surface area contributed by atoms with Crippen LogP contribution in [0.1, 0.15) is 165 Å². The summed E-state index contributed by atoms with van der Waals surface area (Å²) in [7, 11) is 0. The molecular weight excluding hydrogens is 592 g/mol. The average Bonchev–Trinajstić information content (AvgIpc) is 3.11. The van der Waals surface area contributed by atoms with Crippen molar-refractivity contribution in [3.05, 3.63) is 83.9 Å². The molecule has 2 unspecified atom stereocenters. The summed E-state index contributed by atoms with van der Waals surface area (Å²) in [5.41, 5.74) is 3.86. The first-order valence-electron chi connectivity index (χ1n) is 19.4. The summed E-state index contributed by atoms with van der Waals surface area (Å²) in [6.45, 7) is 9.65. The Morgan fingerprint density at radius 2 is 1.08 bits per heavy atom. The number of esters is 1. The van der Waals surface area contributed by atoms with Crippen molar-refractivity contribution >= 4 is 5.97 Å². The van der Waals surface area contributed by atoms with Crippen LogP contribution in [0.3, 0.4) is 0 Å². The fourth-order valence-corrected chi connectivity index (χ4v) is 6.22. The fraction of sp³-hybridized carbons (Fsp3) is 0.568. The maximum Gasteiger partial charge on any atom is 0.343 e. The zero-order valence-corrected chi connectivity index (χ0v) is 30.7. The van der Waals surface area contributed by atoms with Crippen LogP contribution in [0.5, 0.6) is 11.5 Å². The van der Waals surface area contributed by atoms with Crippen LogP contribution in [0.4, 0.5) is 0 Å². The number of hydrogen-bond donors (Lipinski definition) is 0. The predicted molar refractivity (Wildman–Crippen MR) is 202 cm³/mol. The molecule has 2 atom stereocenters. The maximum atomic E-state index is 13.2. The molecule has 0 aliphatic heterocycles. The molecule has 0 N–H and O–H groups in total. The van der Waals surface area contributed by atoms with Crippen molar-refractivity contribution in [1.29, 1.82) is 0 Å². The van der Waals surface area contributed by atoms with Gasteiger partial charge in [0.05, 0.1) is 17.8 Å². The lowest BCUT2D eigenvalue weighted by molar-refractivity contribution is 0.0627. The molecule has 3 aromatic rings. The van der Waals surface area contributed by atoms with Crippen molar-refractivity contribution < 1.29 is 19.0 Å². The smallest absolute Gasteiger partial charge is 0.343 e. The minimum absolute atomic E-state index is 0.0749. The molecule has 0 saturated heterocycles. The van der Waals surface area contributed by atoms with E-state index in [1.807, 2.05) is 48.5 Å². The summed E-state index contributed by atoms with van der Waals surface area (Å²) < 4.78 is 18.4. The zero-order valence-electron chi connectivity index (χ0n) is 30.7. The van der Waals surface area contributed by atoms with E-state index < -0.39 is 0 Å². The highest BCUT2D eigenvalue weighted by atomic mass is 16.6. The van der Waals surface area contributed by atoms with Crippen molar-refractivity contribution in [2.75, 3.05) is 6.61 Å². The van der Waals surface area contributed by atoms with E-state index in [2.05, 4.69) is 52.0 Å². The van der Waals surface area contributed by atoms with Crippen LogP contribution in [0, 0.1) is 0 Å². The van der Waals surface area contributed by atoms with Crippen LogP contribution < -0.4 is 9.47 Å². The van der Waals surface area contributed by atoms with Crippen LogP contribution >= 0.6 is 0 Å². The molecule has 4 nitrogen and oxygen atoms in total. The molecular formula is C44H64O4. The fourth-order valence-electron chi connectivity index (χ4n) is 6.22. The molecule has 0 saturated carbocycles. The first-order valence-corrected chi connectivity index (χ1v) is 19.4. The number of ether oxygens (including phenoxy) is 3. The maximum absolute atomic E-state index is 13.2. The standard InChI is InChI=1S/C44H64O4/c1-5-8-10-12-14-15-16-17-19-24-41(23-7-3)47-42-25-20-21-26-43(42)48-44(45)40-33-31-39(32-34-40)38-29-27-37(28-30-38)36(4)46-35-22-18-13-11-9-6-2/h20-21,25-34,36,41H,5-19,22-24,35H2,1-4H3. The highest BCUT2D eigenvalue weighted by Crippen LogP contribution is 2.31. The Morgan fingerprint density at radius 3 is 1.67 bits per heavy atom. The van der Waals surface area contributed by atoms with Crippen molar-refractivity contribution in [3.8, 4) is 22.6 Å². The molecule has 0 aliphatic carbocycles. The number of benzene rings is 3. The molecule has 0 aliphatic rings. The van der Waals surface area contributed by atoms with E-state index in [1.54, 1.807) is 0 Å². The number of hydrogen-bond acceptors (Lipinski definition) is 4. The van der Waals surface area contributed by atoms with E-state index in [9.17, 15) is 4.79 Å². The number of carbonyl (C=O) groups excluding carboxylic acids is 1. The van der Waals surface area contributed by atoms with Gasteiger partial charge in [-0.15, -0.1) is 0 Å². The van der Waals surface area contributed by atoms with E-state index >= 15 is 0 Å². The quantitative estimate of drug-likeness (QED) is 0.0490. The Labute approximate surface area is 293 Å². The molecule has 0 bridgehead atoms. The monoisotopic (exact) mass is 656 g/mol. The lowest BCUT2D eigenvalue weighted by atomic mass is 10.0. The topological polar surface area (TPSA) is 44.8 Å². The SMILES string of the molecule is CCCCCCCCCCCC(CCC)Oc1ccccc1OC(=O)c1ccc(-c2ccc(C(C)OCCCCCCCC)cc2)cc1. The second-order valence-electron chi connectivity index (χ2n) is 13.5. The average molecular weight is 657 g/mol. The van der Waals surface area contributed by atoms with Gasteiger partial charge < -0.3 is 14.2 Å². The first kappa shape index (κ1) is 39.3. The molecule has 3 rings (SSSR count). The zero-order chi connectivity index (χ0) is 34.2. The predicted octanol–water partition coefficient (Wildman–Crippen LogP) is 13.5. The van der Waals surface area contributed by atoms with Crippen LogP contribution in [-0.4, -0.2) is 18.7 Å². The van der Waals surface area contributed by atoms with Gasteiger partial charge in [-0.1, -0.05) is 159 Å². The highest BCUT2D eigenvalue weighted by Gasteiger charge is 2.17. The van der Waals surface area contributed by atoms with Crippen LogP contribution in [0.2, 0.25) is 0 Å². The second kappa shape index (κ2) is 24.1. The van der Waals surface area contributed by atoms with Crippen molar-refractivity contribution in [2.45, 2.75) is 155 Å². The Bertz CT molecular complexity index is 1250. The summed E-state index contributed by atoms with van der Waals surface area (Å²) in [6, 6.07) is 23.7. The van der Waals surface area contributed by atoms with Gasteiger partial charge in [0.2, 0.25) is 0 Å². The molecule has 264 valence electrons. The minimum Gasteiger partial charge on any atom is -0.487 e. The Morgan fingerprint density at radius 1 is 0.562 bits per heavy atom. The molecule has 0 fully saturated rings. The van der Waals surface area contributed by atoms with Crippen LogP contribution in [0.25, 0.3) is 11.1 Å². The number of carbonyl (C=O) groups is 1. The Balaban J connectivity index is 1.48. The van der Waals surface area contributed by atoms with Gasteiger partial charge in [0.25, 0.3) is 0 Å². The third kappa shape index (κ3) is 15.0. The van der Waals surface area contributed by atoms with Crippen molar-refractivity contribution in [3.63, 3.8) is 0 Å². The van der Waals surface area contributed by atoms with Crippen molar-refractivity contribution in [2.24, 2.45) is 0 Å². The molecule has 3 aromatic carbocycles. The summed E-state index contributed by atoms with van der Waals surface area (Å²) >= 11 is 0. The van der Waals surface area contributed by atoms with E-state index in [0.29, 0.717) is 17.1 Å². The molecule has 0 radical (unpaired) electrons. The molecule has 48 heavy (non-hydrogen) atoms. The minimum atomic E-state index is -0.379. The summed E-state index contributed by atoms with van der Waals surface area (Å²) in [4.78, 5) is 13.2. The molecule has 0 aromatic heterocycles. The molecule has 0 amide bonds. The van der Waals surface area contributed by atoms with Gasteiger partial charge in [-0.3, -0.25) is 0 Å². The highest BCUT2D eigenvalue weighted by molar-refractivity contribution is 5.92. The summed E-state index contributed by atoms with van der Waals surface area (Å²) in [6.07, 6.45) is 22.7. The Kier molecular flexibility index (Phi) is 19.7. The first-order chi connectivity index (χ1) is 23.5. The van der Waals surface area contributed by atoms with Crippen molar-refractivity contribution in [1.82, 2.24) is 0 Å². The molecule has 4 heteroatoms. The summed E-state index contributed by atoms with van der Waals surface area (Å²) in [5.74, 6) is 0.737. The van der Waals surface area contributed by atoms with Gasteiger partial charge in [0, 0.05) is 6.61 Å². The van der Waals surface area contributed by atoms with Crippen LogP contribution in [0.15, 0.2) is 72.8 Å². The third-order valence-electron chi connectivity index (χ3n) is 9.29. The van der Waals surface area contributed by atoms with E-state index in [4.69, 9.17) is 14.2 Å². The third-order valence-corrected chi connectivity index (χ3v) is 9.29. The van der Waals surface area contributed by atoms with E-state index in [1.165, 1.54) is 95.5 Å². The van der Waals surface area contributed by atoms with Gasteiger partial charge in [0.15, 0.2) is 11.5 Å². The largest absolute Gasteiger partial charge is 0.487 e. The molecule has 0 heterocycles. The number of rotatable bonds is 26. The van der Waals surface area contributed by atoms with Gasteiger partial charge in [-0.25, -0.2) is 4.79 Å². The van der Waals surface area contributed by atoms with Gasteiger partial charge in [0.1, 0.15) is 0 Å². The van der Waals surface area contributed by atoms with E-state index in [-0.39, 0.29) is 18.2 Å². The Hall–Kier alpha value is -3.11. The number of unbranched alkanes of at least 4 members (excludes halogenated alkanes) is 13. The summed E-state index contributed by atoms with van der Waals surface area (Å²) in [5, 5.41) is 0. The normalized spacial score (nSPS) is 12.5. The second-order valence-corrected chi connectivity index (χ2v) is 13.5. The lowest BCUT2D eigenvalue weighted by Crippen LogP contribution is -2.17. The molecule has 0 spiro atoms. The number of para-hydroxylation sites is 2. The lowest BCUT2D eigenvalue weighted by Gasteiger charge is -2.20. The van der Waals surface area contributed by atoms with E-state index in [0.717, 1.165) is 43.4 Å². The van der Waals surface area contributed by atoms with Gasteiger partial charge in [-0.05, 0) is 73.6 Å².